The fourth-order valence-corrected chi connectivity index (χ4v) is 2.45. The van der Waals surface area contributed by atoms with Gasteiger partial charge in [-0.2, -0.15) is 5.10 Å². The third-order valence-electron chi connectivity index (χ3n) is 2.29. The molecule has 0 aliphatic heterocycles. The number of sulfonamides is 1. The zero-order valence-corrected chi connectivity index (χ0v) is 11.2. The van der Waals surface area contributed by atoms with Crippen LogP contribution in [-0.2, 0) is 19.5 Å². The molecule has 1 unspecified atom stereocenters. The number of methoxy groups -OCH3 is 2. The number of carboxylic acid groups (broad SMARTS) is 1. The van der Waals surface area contributed by atoms with Crippen molar-refractivity contribution in [3.05, 3.63) is 11.8 Å². The van der Waals surface area contributed by atoms with Crippen molar-refractivity contribution in [2.24, 2.45) is 0 Å². The summed E-state index contributed by atoms with van der Waals surface area (Å²) < 4.78 is 35.9. The maximum absolute atomic E-state index is 11.9. The number of aromatic carboxylic acids is 1. The van der Waals surface area contributed by atoms with Gasteiger partial charge in [-0.1, -0.05) is 0 Å². The number of aromatic nitrogens is 2. The summed E-state index contributed by atoms with van der Waals surface area (Å²) in [5.74, 6) is -1.38. The Morgan fingerprint density at radius 1 is 1.58 bits per heavy atom. The first-order chi connectivity index (χ1) is 8.92. The van der Waals surface area contributed by atoms with Crippen LogP contribution in [0.1, 0.15) is 10.4 Å². The number of nitrogens with zero attached hydrogens (tertiary/aromatic N) is 1. The number of nitrogens with one attached hydrogen (secondary N) is 2. The quantitative estimate of drug-likeness (QED) is 0.563. The Hall–Kier alpha value is -1.49. The average Bonchev–Trinajstić information content (AvgIpc) is 2.84. The fraction of sp³-hybridized carbons (Fsp3) is 0.556. The molecule has 0 radical (unpaired) electrons. The van der Waals surface area contributed by atoms with Crippen LogP contribution < -0.4 is 4.72 Å². The molecule has 19 heavy (non-hydrogen) atoms. The number of rotatable bonds is 8. The van der Waals surface area contributed by atoms with Gasteiger partial charge in [0, 0.05) is 20.8 Å². The highest BCUT2D eigenvalue weighted by molar-refractivity contribution is 7.89. The summed E-state index contributed by atoms with van der Waals surface area (Å²) in [4.78, 5) is 10.8. The molecule has 10 heteroatoms. The highest BCUT2D eigenvalue weighted by Crippen LogP contribution is 2.11. The number of ether oxygens (including phenoxy) is 2. The van der Waals surface area contributed by atoms with E-state index in [9.17, 15) is 13.2 Å². The number of aromatic amines is 1. The minimum absolute atomic E-state index is 0.0508. The summed E-state index contributed by atoms with van der Waals surface area (Å²) in [5, 5.41) is 13.9. The molecule has 0 saturated carbocycles. The normalized spacial score (nSPS) is 13.4. The number of hydrogen-bond acceptors (Lipinski definition) is 6. The minimum atomic E-state index is -4.00. The number of hydrogen-bond donors (Lipinski definition) is 3. The molecule has 0 spiro atoms. The van der Waals surface area contributed by atoms with Crippen LogP contribution in [0.5, 0.6) is 0 Å². The van der Waals surface area contributed by atoms with Gasteiger partial charge in [-0.3, -0.25) is 5.10 Å². The van der Waals surface area contributed by atoms with Crippen molar-refractivity contribution >= 4 is 16.0 Å². The second kappa shape index (κ2) is 6.61. The van der Waals surface area contributed by atoms with E-state index in [4.69, 9.17) is 14.6 Å². The van der Waals surface area contributed by atoms with Crippen LogP contribution in [0, 0.1) is 0 Å². The minimum Gasteiger partial charge on any atom is -0.478 e. The molecular weight excluding hydrogens is 278 g/mol. The predicted molar refractivity (Wildman–Crippen MR) is 63.4 cm³/mol. The molecule has 1 atom stereocenters. The summed E-state index contributed by atoms with van der Waals surface area (Å²) in [5.41, 5.74) is -0.423. The van der Waals surface area contributed by atoms with Gasteiger partial charge in [0.15, 0.2) is 5.03 Å². The lowest BCUT2D eigenvalue weighted by Gasteiger charge is -2.14. The van der Waals surface area contributed by atoms with Gasteiger partial charge in [0.05, 0.1) is 18.9 Å². The van der Waals surface area contributed by atoms with Crippen molar-refractivity contribution in [2.75, 3.05) is 27.4 Å². The first-order valence-electron chi connectivity index (χ1n) is 5.20. The van der Waals surface area contributed by atoms with Crippen molar-refractivity contribution in [1.82, 2.24) is 14.9 Å². The zero-order chi connectivity index (χ0) is 14.5. The fourth-order valence-electron chi connectivity index (χ4n) is 1.30. The van der Waals surface area contributed by atoms with Crippen LogP contribution in [0.15, 0.2) is 11.2 Å². The Balaban J connectivity index is 2.81. The topological polar surface area (TPSA) is 131 Å². The van der Waals surface area contributed by atoms with Crippen molar-refractivity contribution in [1.29, 1.82) is 0 Å². The van der Waals surface area contributed by atoms with Gasteiger partial charge >= 0.3 is 5.97 Å². The Kier molecular flexibility index (Phi) is 5.42. The van der Waals surface area contributed by atoms with Crippen molar-refractivity contribution < 1.29 is 27.8 Å². The largest absolute Gasteiger partial charge is 0.478 e. The maximum Gasteiger partial charge on any atom is 0.340 e. The second-order valence-corrected chi connectivity index (χ2v) is 5.29. The molecule has 0 fully saturated rings. The third-order valence-corrected chi connectivity index (χ3v) is 3.69. The molecule has 0 aromatic carbocycles. The van der Waals surface area contributed by atoms with Gasteiger partial charge in [-0.05, 0) is 0 Å². The van der Waals surface area contributed by atoms with Gasteiger partial charge in [-0.15, -0.1) is 0 Å². The molecule has 1 heterocycles. The molecule has 9 nitrogen and oxygen atoms in total. The molecule has 0 bridgehead atoms. The van der Waals surface area contributed by atoms with Crippen LogP contribution >= 0.6 is 0 Å². The zero-order valence-electron chi connectivity index (χ0n) is 10.4. The molecule has 1 rings (SSSR count). The van der Waals surface area contributed by atoms with Gasteiger partial charge in [0.1, 0.15) is 5.56 Å². The van der Waals surface area contributed by atoms with Gasteiger partial charge in [0.2, 0.25) is 0 Å². The average molecular weight is 293 g/mol. The first kappa shape index (κ1) is 15.6. The SMILES string of the molecule is COCC(CNS(=O)(=O)c1[nH]ncc1C(=O)O)OC. The van der Waals surface area contributed by atoms with Crippen LogP contribution in [0.25, 0.3) is 0 Å². The highest BCUT2D eigenvalue weighted by Gasteiger charge is 2.25. The van der Waals surface area contributed by atoms with Gasteiger partial charge in [-0.25, -0.2) is 17.9 Å². The predicted octanol–water partition coefficient (Wildman–Crippen LogP) is -0.952. The van der Waals surface area contributed by atoms with Crippen LogP contribution in [0.2, 0.25) is 0 Å². The van der Waals surface area contributed by atoms with Crippen molar-refractivity contribution in [3.63, 3.8) is 0 Å². The number of carbonyl (C=O) groups is 1. The smallest absolute Gasteiger partial charge is 0.340 e. The third kappa shape index (κ3) is 3.99. The molecule has 0 amide bonds. The molecular formula is C9H15N3O6S. The van der Waals surface area contributed by atoms with E-state index in [0.29, 0.717) is 0 Å². The Morgan fingerprint density at radius 2 is 2.26 bits per heavy atom. The molecule has 0 saturated heterocycles. The van der Waals surface area contributed by atoms with Crippen molar-refractivity contribution in [2.45, 2.75) is 11.1 Å². The van der Waals surface area contributed by atoms with E-state index in [1.807, 2.05) is 0 Å². The summed E-state index contributed by atoms with van der Waals surface area (Å²) in [7, 11) is -1.13. The van der Waals surface area contributed by atoms with Gasteiger partial charge in [0.25, 0.3) is 10.0 Å². The molecule has 108 valence electrons. The summed E-state index contributed by atoms with van der Waals surface area (Å²) in [6.45, 7) is 0.151. The van der Waals surface area contributed by atoms with E-state index >= 15 is 0 Å². The highest BCUT2D eigenvalue weighted by atomic mass is 32.2. The molecule has 1 aromatic heterocycles. The molecule has 1 aromatic rings. The van der Waals surface area contributed by atoms with Crippen LogP contribution in [0.3, 0.4) is 0 Å². The van der Waals surface area contributed by atoms with E-state index in [1.165, 1.54) is 14.2 Å². The Labute approximate surface area is 110 Å². The monoisotopic (exact) mass is 293 g/mol. The van der Waals surface area contributed by atoms with E-state index in [2.05, 4.69) is 14.9 Å². The lowest BCUT2D eigenvalue weighted by molar-refractivity contribution is 0.0320. The van der Waals surface area contributed by atoms with E-state index in [0.717, 1.165) is 6.20 Å². The lowest BCUT2D eigenvalue weighted by atomic mass is 10.4. The molecule has 0 aliphatic rings. The Bertz CT molecular complexity index is 526. The number of H-pyrrole nitrogens is 1. The Morgan fingerprint density at radius 3 is 2.79 bits per heavy atom. The van der Waals surface area contributed by atoms with Gasteiger partial charge < -0.3 is 14.6 Å². The maximum atomic E-state index is 11.9. The van der Waals surface area contributed by atoms with Crippen LogP contribution in [0.4, 0.5) is 0 Å². The van der Waals surface area contributed by atoms with E-state index < -0.39 is 32.7 Å². The van der Waals surface area contributed by atoms with Crippen molar-refractivity contribution in [3.8, 4) is 0 Å². The van der Waals surface area contributed by atoms with E-state index in [-0.39, 0.29) is 13.2 Å². The lowest BCUT2D eigenvalue weighted by Crippen LogP contribution is -2.36. The number of carboxylic acids is 1. The molecule has 3 N–H and O–H groups in total. The molecule has 0 aliphatic carbocycles. The second-order valence-electron chi connectivity index (χ2n) is 3.58. The van der Waals surface area contributed by atoms with E-state index in [1.54, 1.807) is 0 Å². The first-order valence-corrected chi connectivity index (χ1v) is 6.68. The standard InChI is InChI=1S/C9H15N3O6S/c1-17-5-6(18-2)3-11-19(15,16)8-7(9(13)14)4-10-12-8/h4,6,11H,3,5H2,1-2H3,(H,10,12)(H,13,14). The summed E-state index contributed by atoms with van der Waals surface area (Å²) in [6, 6.07) is 0. The summed E-state index contributed by atoms with van der Waals surface area (Å²) >= 11 is 0. The van der Waals surface area contributed by atoms with Crippen LogP contribution in [-0.4, -0.2) is 63.2 Å². The summed E-state index contributed by atoms with van der Waals surface area (Å²) in [6.07, 6.45) is 0.454.